The SMILES string of the molecule is COc1cc(CNc2ccc(Cl)c(C(=O)O)c2)cc(Cl)c1OCC(N)=O. The molecule has 0 spiro atoms. The number of benzene rings is 2. The maximum absolute atomic E-state index is 11.1. The number of halogens is 2. The zero-order valence-electron chi connectivity index (χ0n) is 13.7. The number of carboxylic acids is 1. The number of hydrogen-bond acceptors (Lipinski definition) is 5. The Kier molecular flexibility index (Phi) is 6.54. The molecular weight excluding hydrogens is 383 g/mol. The fraction of sp³-hybridized carbons (Fsp3) is 0.176. The van der Waals surface area contributed by atoms with Gasteiger partial charge in [0.05, 0.1) is 22.7 Å². The van der Waals surface area contributed by atoms with E-state index in [1.165, 1.54) is 19.2 Å². The van der Waals surface area contributed by atoms with Crippen molar-refractivity contribution in [2.24, 2.45) is 5.73 Å². The Balaban J connectivity index is 2.17. The quantitative estimate of drug-likeness (QED) is 0.629. The Morgan fingerprint density at radius 2 is 1.92 bits per heavy atom. The molecule has 2 aromatic rings. The molecule has 0 bridgehead atoms. The van der Waals surface area contributed by atoms with Crippen LogP contribution in [0.25, 0.3) is 0 Å². The number of amides is 1. The number of anilines is 1. The van der Waals surface area contributed by atoms with Crippen LogP contribution in [0.15, 0.2) is 30.3 Å². The van der Waals surface area contributed by atoms with Gasteiger partial charge in [-0.3, -0.25) is 4.79 Å². The summed E-state index contributed by atoms with van der Waals surface area (Å²) >= 11 is 12.0. The van der Waals surface area contributed by atoms with E-state index in [0.29, 0.717) is 18.0 Å². The fourth-order valence-electron chi connectivity index (χ4n) is 2.16. The largest absolute Gasteiger partial charge is 0.493 e. The van der Waals surface area contributed by atoms with Gasteiger partial charge >= 0.3 is 5.97 Å². The van der Waals surface area contributed by atoms with E-state index in [1.807, 2.05) is 0 Å². The third-order valence-corrected chi connectivity index (χ3v) is 3.95. The van der Waals surface area contributed by atoms with Crippen LogP contribution in [-0.2, 0) is 11.3 Å². The van der Waals surface area contributed by atoms with Crippen molar-refractivity contribution in [3.8, 4) is 11.5 Å². The van der Waals surface area contributed by atoms with Gasteiger partial charge in [0.15, 0.2) is 18.1 Å². The number of carbonyl (C=O) groups excluding carboxylic acids is 1. The van der Waals surface area contributed by atoms with Gasteiger partial charge in [0.1, 0.15) is 0 Å². The lowest BCUT2D eigenvalue weighted by molar-refractivity contribution is -0.119. The molecule has 0 aliphatic rings. The average Bonchev–Trinajstić information content (AvgIpc) is 2.59. The molecule has 0 fully saturated rings. The minimum Gasteiger partial charge on any atom is -0.493 e. The van der Waals surface area contributed by atoms with Crippen molar-refractivity contribution < 1.29 is 24.2 Å². The van der Waals surface area contributed by atoms with E-state index in [1.54, 1.807) is 18.2 Å². The molecule has 2 aromatic carbocycles. The summed E-state index contributed by atoms with van der Waals surface area (Å²) in [4.78, 5) is 22.0. The summed E-state index contributed by atoms with van der Waals surface area (Å²) in [6, 6.07) is 7.93. The summed E-state index contributed by atoms with van der Waals surface area (Å²) in [6.45, 7) is 0.0172. The van der Waals surface area contributed by atoms with E-state index >= 15 is 0 Å². The highest BCUT2D eigenvalue weighted by molar-refractivity contribution is 6.33. The molecule has 138 valence electrons. The van der Waals surface area contributed by atoms with Crippen molar-refractivity contribution in [1.82, 2.24) is 0 Å². The van der Waals surface area contributed by atoms with E-state index in [0.717, 1.165) is 5.56 Å². The molecule has 4 N–H and O–H groups in total. The summed E-state index contributed by atoms with van der Waals surface area (Å²) in [6.07, 6.45) is 0. The van der Waals surface area contributed by atoms with Crippen LogP contribution in [0.4, 0.5) is 5.69 Å². The molecule has 0 radical (unpaired) electrons. The van der Waals surface area contributed by atoms with Gasteiger partial charge in [0.2, 0.25) is 0 Å². The zero-order chi connectivity index (χ0) is 19.3. The Morgan fingerprint density at radius 3 is 2.54 bits per heavy atom. The third-order valence-electron chi connectivity index (χ3n) is 3.34. The molecular formula is C17H16Cl2N2O5. The Morgan fingerprint density at radius 1 is 1.19 bits per heavy atom. The standard InChI is InChI=1S/C17H16Cl2N2O5/c1-25-14-5-9(4-13(19)16(14)26-8-15(20)22)7-21-10-2-3-12(18)11(6-10)17(23)24/h2-6,21H,7-8H2,1H3,(H2,20,22)(H,23,24). The highest BCUT2D eigenvalue weighted by Gasteiger charge is 2.14. The van der Waals surface area contributed by atoms with Gasteiger partial charge in [-0.1, -0.05) is 23.2 Å². The highest BCUT2D eigenvalue weighted by atomic mass is 35.5. The minimum atomic E-state index is -1.11. The van der Waals surface area contributed by atoms with Crippen molar-refractivity contribution in [3.63, 3.8) is 0 Å². The first-order chi connectivity index (χ1) is 12.3. The van der Waals surface area contributed by atoms with Crippen LogP contribution in [0.2, 0.25) is 10.0 Å². The second-order valence-corrected chi connectivity index (χ2v) is 6.03. The van der Waals surface area contributed by atoms with E-state index < -0.39 is 11.9 Å². The van der Waals surface area contributed by atoms with Crippen LogP contribution >= 0.6 is 23.2 Å². The molecule has 0 aliphatic carbocycles. The minimum absolute atomic E-state index is 0.00230. The van der Waals surface area contributed by atoms with Gasteiger partial charge in [-0.2, -0.15) is 0 Å². The molecule has 0 saturated carbocycles. The number of nitrogens with one attached hydrogen (secondary N) is 1. The molecule has 0 aromatic heterocycles. The van der Waals surface area contributed by atoms with Gasteiger partial charge in [-0.05, 0) is 35.9 Å². The van der Waals surface area contributed by atoms with E-state index in [9.17, 15) is 9.59 Å². The molecule has 0 saturated heterocycles. The molecule has 0 atom stereocenters. The normalized spacial score (nSPS) is 10.3. The first kappa shape index (κ1) is 19.7. The van der Waals surface area contributed by atoms with Crippen LogP contribution in [0.3, 0.4) is 0 Å². The molecule has 0 aliphatic heterocycles. The van der Waals surface area contributed by atoms with E-state index in [-0.39, 0.29) is 28.0 Å². The van der Waals surface area contributed by atoms with Crippen LogP contribution in [0.1, 0.15) is 15.9 Å². The van der Waals surface area contributed by atoms with Crippen molar-refractivity contribution in [3.05, 3.63) is 51.5 Å². The lowest BCUT2D eigenvalue weighted by Gasteiger charge is -2.14. The van der Waals surface area contributed by atoms with Crippen molar-refractivity contribution in [2.45, 2.75) is 6.54 Å². The topological polar surface area (TPSA) is 111 Å². The number of aromatic carboxylic acids is 1. The van der Waals surface area contributed by atoms with Crippen LogP contribution < -0.4 is 20.5 Å². The predicted molar refractivity (Wildman–Crippen MR) is 98.4 cm³/mol. The van der Waals surface area contributed by atoms with Gasteiger partial charge in [0.25, 0.3) is 5.91 Å². The molecule has 26 heavy (non-hydrogen) atoms. The number of methoxy groups -OCH3 is 1. The number of carboxylic acid groups (broad SMARTS) is 1. The summed E-state index contributed by atoms with van der Waals surface area (Å²) < 4.78 is 10.5. The third kappa shape index (κ3) is 4.93. The lowest BCUT2D eigenvalue weighted by Crippen LogP contribution is -2.20. The van der Waals surface area contributed by atoms with Gasteiger partial charge in [0, 0.05) is 12.2 Å². The van der Waals surface area contributed by atoms with Crippen LogP contribution in [0, 0.1) is 0 Å². The summed E-state index contributed by atoms with van der Waals surface area (Å²) in [5, 5.41) is 12.6. The molecule has 0 unspecified atom stereocenters. The smallest absolute Gasteiger partial charge is 0.337 e. The molecule has 1 amide bonds. The molecule has 9 heteroatoms. The van der Waals surface area contributed by atoms with Crippen molar-refractivity contribution in [1.29, 1.82) is 0 Å². The number of nitrogens with two attached hydrogens (primary N) is 1. The molecule has 2 rings (SSSR count). The number of hydrogen-bond donors (Lipinski definition) is 3. The second kappa shape index (κ2) is 8.64. The number of primary amides is 1. The first-order valence-electron chi connectivity index (χ1n) is 7.36. The monoisotopic (exact) mass is 398 g/mol. The summed E-state index contributed by atoms with van der Waals surface area (Å²) in [5.74, 6) is -1.18. The van der Waals surface area contributed by atoms with Gasteiger partial charge in [-0.25, -0.2) is 4.79 Å². The number of carbonyl (C=O) groups is 2. The van der Waals surface area contributed by atoms with Gasteiger partial charge in [-0.15, -0.1) is 0 Å². The number of rotatable bonds is 8. The zero-order valence-corrected chi connectivity index (χ0v) is 15.2. The van der Waals surface area contributed by atoms with E-state index in [2.05, 4.69) is 5.32 Å². The predicted octanol–water partition coefficient (Wildman–Crippen LogP) is 3.18. The Labute approximate surface area is 159 Å². The summed E-state index contributed by atoms with van der Waals surface area (Å²) in [7, 11) is 1.44. The maximum Gasteiger partial charge on any atom is 0.337 e. The average molecular weight is 399 g/mol. The van der Waals surface area contributed by atoms with Gasteiger partial charge < -0.3 is 25.6 Å². The van der Waals surface area contributed by atoms with Crippen LogP contribution in [-0.4, -0.2) is 30.7 Å². The Bertz CT molecular complexity index is 842. The van der Waals surface area contributed by atoms with E-state index in [4.69, 9.17) is 43.5 Å². The lowest BCUT2D eigenvalue weighted by atomic mass is 10.1. The maximum atomic E-state index is 11.1. The summed E-state index contributed by atoms with van der Waals surface area (Å²) in [5.41, 5.74) is 6.40. The highest BCUT2D eigenvalue weighted by Crippen LogP contribution is 2.36. The first-order valence-corrected chi connectivity index (χ1v) is 8.11. The van der Waals surface area contributed by atoms with Crippen molar-refractivity contribution >= 4 is 40.8 Å². The molecule has 7 nitrogen and oxygen atoms in total. The fourth-order valence-corrected chi connectivity index (χ4v) is 2.65. The van der Waals surface area contributed by atoms with Crippen LogP contribution in [0.5, 0.6) is 11.5 Å². The number of ether oxygens (including phenoxy) is 2. The Hall–Kier alpha value is -2.64. The second-order valence-electron chi connectivity index (χ2n) is 5.22. The molecule has 0 heterocycles. The van der Waals surface area contributed by atoms with Crippen molar-refractivity contribution in [2.75, 3.05) is 19.0 Å².